The molecule has 1 aromatic carbocycles. The van der Waals surface area contributed by atoms with Crippen LogP contribution in [-0.2, 0) is 20.5 Å². The third kappa shape index (κ3) is 4.04. The number of ether oxygens (including phenoxy) is 1. The van der Waals surface area contributed by atoms with E-state index in [2.05, 4.69) is 11.7 Å². The number of carbonyl (C=O) groups excluding carboxylic acids is 1. The molecule has 1 heterocycles. The van der Waals surface area contributed by atoms with Crippen molar-refractivity contribution in [1.82, 2.24) is 4.31 Å². The maximum Gasteiger partial charge on any atom is 0.337 e. The molecule has 1 aliphatic heterocycles. The van der Waals surface area contributed by atoms with Crippen LogP contribution in [0, 0.1) is 5.92 Å². The van der Waals surface area contributed by atoms with Crippen molar-refractivity contribution < 1.29 is 17.9 Å². The van der Waals surface area contributed by atoms with E-state index in [-0.39, 0.29) is 5.75 Å². The molecule has 1 saturated heterocycles. The number of hydrogen-bond donors (Lipinski definition) is 0. The van der Waals surface area contributed by atoms with Gasteiger partial charge in [-0.1, -0.05) is 19.1 Å². The zero-order chi connectivity index (χ0) is 15.5. The van der Waals surface area contributed by atoms with Gasteiger partial charge in [0.2, 0.25) is 10.0 Å². The van der Waals surface area contributed by atoms with Gasteiger partial charge < -0.3 is 4.74 Å². The van der Waals surface area contributed by atoms with Crippen LogP contribution in [0.5, 0.6) is 0 Å². The number of methoxy groups -OCH3 is 1. The number of esters is 1. The third-order valence-corrected chi connectivity index (χ3v) is 5.55. The molecule has 1 unspecified atom stereocenters. The molecule has 0 spiro atoms. The molecular weight excluding hydrogens is 290 g/mol. The van der Waals surface area contributed by atoms with E-state index < -0.39 is 16.0 Å². The van der Waals surface area contributed by atoms with Gasteiger partial charge in [-0.05, 0) is 36.5 Å². The molecule has 0 amide bonds. The minimum atomic E-state index is -3.29. The number of rotatable bonds is 4. The van der Waals surface area contributed by atoms with Crippen LogP contribution in [0.3, 0.4) is 0 Å². The van der Waals surface area contributed by atoms with Gasteiger partial charge in [0, 0.05) is 13.1 Å². The topological polar surface area (TPSA) is 63.7 Å². The monoisotopic (exact) mass is 311 g/mol. The second-order valence-electron chi connectivity index (χ2n) is 5.55. The van der Waals surface area contributed by atoms with Crippen molar-refractivity contribution in [2.24, 2.45) is 5.92 Å². The van der Waals surface area contributed by atoms with Gasteiger partial charge in [-0.2, -0.15) is 0 Å². The van der Waals surface area contributed by atoms with E-state index in [1.54, 1.807) is 28.6 Å². The molecular formula is C15H21NO4S. The highest BCUT2D eigenvalue weighted by Gasteiger charge is 2.27. The maximum absolute atomic E-state index is 12.4. The number of sulfonamides is 1. The Labute approximate surface area is 126 Å². The summed E-state index contributed by atoms with van der Waals surface area (Å²) in [6.07, 6.45) is 2.00. The van der Waals surface area contributed by atoms with Crippen molar-refractivity contribution in [3.8, 4) is 0 Å². The van der Waals surface area contributed by atoms with Crippen LogP contribution in [0.1, 0.15) is 35.7 Å². The zero-order valence-corrected chi connectivity index (χ0v) is 13.2. The van der Waals surface area contributed by atoms with Crippen molar-refractivity contribution in [1.29, 1.82) is 0 Å². The van der Waals surface area contributed by atoms with Crippen molar-refractivity contribution >= 4 is 16.0 Å². The molecule has 6 heteroatoms. The largest absolute Gasteiger partial charge is 0.465 e. The van der Waals surface area contributed by atoms with Gasteiger partial charge in [0.15, 0.2) is 0 Å². The van der Waals surface area contributed by atoms with Crippen LogP contribution >= 0.6 is 0 Å². The van der Waals surface area contributed by atoms with E-state index in [4.69, 9.17) is 0 Å². The molecule has 1 fully saturated rings. The van der Waals surface area contributed by atoms with Crippen molar-refractivity contribution in [2.75, 3.05) is 20.2 Å². The number of carbonyl (C=O) groups is 1. The molecule has 1 aliphatic rings. The molecule has 0 aromatic heterocycles. The van der Waals surface area contributed by atoms with Gasteiger partial charge in [-0.3, -0.25) is 0 Å². The highest BCUT2D eigenvalue weighted by atomic mass is 32.2. The summed E-state index contributed by atoms with van der Waals surface area (Å²) in [6, 6.07) is 6.51. The van der Waals surface area contributed by atoms with Crippen molar-refractivity contribution in [3.63, 3.8) is 0 Å². The highest BCUT2D eigenvalue weighted by molar-refractivity contribution is 7.88. The minimum Gasteiger partial charge on any atom is -0.465 e. The first-order valence-corrected chi connectivity index (χ1v) is 8.68. The predicted molar refractivity (Wildman–Crippen MR) is 80.4 cm³/mol. The quantitative estimate of drug-likeness (QED) is 0.798. The fourth-order valence-corrected chi connectivity index (χ4v) is 4.24. The average molecular weight is 311 g/mol. The lowest BCUT2D eigenvalue weighted by molar-refractivity contribution is 0.0600. The summed E-state index contributed by atoms with van der Waals surface area (Å²) in [5.74, 6) is -0.0363. The number of benzene rings is 1. The van der Waals surface area contributed by atoms with Gasteiger partial charge >= 0.3 is 5.97 Å². The molecule has 2 rings (SSSR count). The zero-order valence-electron chi connectivity index (χ0n) is 12.4. The van der Waals surface area contributed by atoms with Crippen LogP contribution in [-0.4, -0.2) is 38.9 Å². The van der Waals surface area contributed by atoms with Crippen LogP contribution in [0.25, 0.3) is 0 Å². The maximum atomic E-state index is 12.4. The Kier molecular flexibility index (Phi) is 5.00. The molecule has 1 aromatic rings. The number of hydrogen-bond acceptors (Lipinski definition) is 4. The Morgan fingerprint density at radius 3 is 2.57 bits per heavy atom. The van der Waals surface area contributed by atoms with Crippen LogP contribution < -0.4 is 0 Å². The fourth-order valence-electron chi connectivity index (χ4n) is 2.56. The van der Waals surface area contributed by atoms with E-state index in [9.17, 15) is 13.2 Å². The van der Waals surface area contributed by atoms with Gasteiger partial charge in [0.05, 0.1) is 18.4 Å². The Hall–Kier alpha value is -1.40. The summed E-state index contributed by atoms with van der Waals surface area (Å²) in [5, 5.41) is 0. The summed E-state index contributed by atoms with van der Waals surface area (Å²) in [6.45, 7) is 3.28. The van der Waals surface area contributed by atoms with Gasteiger partial charge in [0.25, 0.3) is 0 Å². The van der Waals surface area contributed by atoms with E-state index in [0.29, 0.717) is 30.1 Å². The number of piperidine rings is 1. The van der Waals surface area contributed by atoms with E-state index in [1.165, 1.54) is 7.11 Å². The SMILES string of the molecule is COC(=O)c1ccc(CS(=O)(=O)N2CCCC(C)C2)cc1. The summed E-state index contributed by atoms with van der Waals surface area (Å²) in [4.78, 5) is 11.3. The molecule has 1 atom stereocenters. The Morgan fingerprint density at radius 2 is 2.00 bits per heavy atom. The molecule has 0 saturated carbocycles. The Morgan fingerprint density at radius 1 is 1.33 bits per heavy atom. The van der Waals surface area contributed by atoms with E-state index >= 15 is 0 Å². The molecule has 0 N–H and O–H groups in total. The van der Waals surface area contributed by atoms with E-state index in [1.807, 2.05) is 0 Å². The average Bonchev–Trinajstić information content (AvgIpc) is 2.47. The standard InChI is InChI=1S/C15H21NO4S/c1-12-4-3-9-16(10-12)21(18,19)11-13-5-7-14(8-6-13)15(17)20-2/h5-8,12H,3-4,9-11H2,1-2H3. The molecule has 0 bridgehead atoms. The minimum absolute atomic E-state index is 0.0266. The number of nitrogens with zero attached hydrogens (tertiary/aromatic N) is 1. The van der Waals surface area contributed by atoms with Crippen LogP contribution in [0.4, 0.5) is 0 Å². The smallest absolute Gasteiger partial charge is 0.337 e. The van der Waals surface area contributed by atoms with Gasteiger partial charge in [0.1, 0.15) is 0 Å². The lowest BCUT2D eigenvalue weighted by atomic mass is 10.0. The van der Waals surface area contributed by atoms with E-state index in [0.717, 1.165) is 12.8 Å². The first-order valence-electron chi connectivity index (χ1n) is 7.07. The second kappa shape index (κ2) is 6.58. The lowest BCUT2D eigenvalue weighted by Crippen LogP contribution is -2.39. The fraction of sp³-hybridized carbons (Fsp3) is 0.533. The van der Waals surface area contributed by atoms with Crippen molar-refractivity contribution in [2.45, 2.75) is 25.5 Å². The summed E-state index contributed by atoms with van der Waals surface area (Å²) in [7, 11) is -1.97. The molecule has 21 heavy (non-hydrogen) atoms. The Balaban J connectivity index is 2.08. The van der Waals surface area contributed by atoms with Gasteiger partial charge in [-0.15, -0.1) is 0 Å². The third-order valence-electron chi connectivity index (χ3n) is 3.74. The normalized spacial score (nSPS) is 20.2. The van der Waals surface area contributed by atoms with Crippen LogP contribution in [0.15, 0.2) is 24.3 Å². The van der Waals surface area contributed by atoms with Crippen molar-refractivity contribution in [3.05, 3.63) is 35.4 Å². The molecule has 0 aliphatic carbocycles. The molecule has 116 valence electrons. The molecule has 5 nitrogen and oxygen atoms in total. The second-order valence-corrected chi connectivity index (χ2v) is 7.52. The predicted octanol–water partition coefficient (Wildman–Crippen LogP) is 2.03. The lowest BCUT2D eigenvalue weighted by Gasteiger charge is -2.30. The first-order chi connectivity index (χ1) is 9.92. The highest BCUT2D eigenvalue weighted by Crippen LogP contribution is 2.21. The Bertz CT molecular complexity index is 595. The summed E-state index contributed by atoms with van der Waals surface area (Å²) in [5.41, 5.74) is 1.10. The van der Waals surface area contributed by atoms with Gasteiger partial charge in [-0.25, -0.2) is 17.5 Å². The summed E-state index contributed by atoms with van der Waals surface area (Å²) >= 11 is 0. The van der Waals surface area contributed by atoms with Crippen LogP contribution in [0.2, 0.25) is 0 Å². The summed E-state index contributed by atoms with van der Waals surface area (Å²) < 4.78 is 31.0. The molecule has 0 radical (unpaired) electrons. The first kappa shape index (κ1) is 16.0.